The SMILES string of the molecule is COc1cc(C(=O)N2CCC(CCN3CCC(C(=O)c4nc5ccccc5n4CC(C)=O)CC3)(c3ccccc3)C2)cc(OC)c1OC. The molecule has 0 spiro atoms. The van der Waals surface area contributed by atoms with Gasteiger partial charge >= 0.3 is 0 Å². The zero-order valence-electron chi connectivity index (χ0n) is 28.2. The number of likely N-dealkylation sites (tertiary alicyclic amines) is 2. The highest BCUT2D eigenvalue weighted by Gasteiger charge is 2.42. The summed E-state index contributed by atoms with van der Waals surface area (Å²) in [5, 5.41) is 0. The summed E-state index contributed by atoms with van der Waals surface area (Å²) in [5.41, 5.74) is 3.09. The predicted octanol–water partition coefficient (Wildman–Crippen LogP) is 5.42. The lowest BCUT2D eigenvalue weighted by Gasteiger charge is -2.36. The third kappa shape index (κ3) is 6.54. The Hall–Kier alpha value is -4.70. The summed E-state index contributed by atoms with van der Waals surface area (Å²) in [6.07, 6.45) is 3.23. The van der Waals surface area contributed by atoms with E-state index >= 15 is 0 Å². The van der Waals surface area contributed by atoms with Crippen molar-refractivity contribution in [1.82, 2.24) is 19.4 Å². The molecule has 0 radical (unpaired) electrons. The quantitative estimate of drug-likeness (QED) is 0.187. The first-order valence-corrected chi connectivity index (χ1v) is 16.6. The van der Waals surface area contributed by atoms with Crippen LogP contribution in [0.1, 0.15) is 59.1 Å². The van der Waals surface area contributed by atoms with Crippen molar-refractivity contribution in [2.45, 2.75) is 44.6 Å². The maximum atomic E-state index is 13.9. The van der Waals surface area contributed by atoms with Crippen LogP contribution in [0.25, 0.3) is 11.0 Å². The fourth-order valence-corrected chi connectivity index (χ4v) is 7.43. The number of ether oxygens (including phenoxy) is 3. The molecule has 1 amide bonds. The molecule has 6 rings (SSSR count). The molecule has 1 aromatic heterocycles. The summed E-state index contributed by atoms with van der Waals surface area (Å²) >= 11 is 0. The van der Waals surface area contributed by atoms with E-state index in [1.54, 1.807) is 38.0 Å². The minimum atomic E-state index is -0.193. The van der Waals surface area contributed by atoms with Crippen molar-refractivity contribution >= 4 is 28.5 Å². The minimum absolute atomic E-state index is 0.00926. The first kappa shape index (κ1) is 33.2. The van der Waals surface area contributed by atoms with E-state index in [0.717, 1.165) is 56.4 Å². The van der Waals surface area contributed by atoms with Crippen molar-refractivity contribution in [3.63, 3.8) is 0 Å². The number of methoxy groups -OCH3 is 3. The molecule has 10 heteroatoms. The number of nitrogens with zero attached hydrogens (tertiary/aromatic N) is 4. The van der Waals surface area contributed by atoms with Gasteiger partial charge in [-0.3, -0.25) is 14.4 Å². The number of rotatable bonds is 12. The van der Waals surface area contributed by atoms with Crippen LogP contribution in [-0.2, 0) is 16.8 Å². The smallest absolute Gasteiger partial charge is 0.254 e. The van der Waals surface area contributed by atoms with Gasteiger partial charge in [-0.1, -0.05) is 42.5 Å². The molecule has 3 heterocycles. The summed E-state index contributed by atoms with van der Waals surface area (Å²) in [7, 11) is 4.64. The van der Waals surface area contributed by atoms with Crippen LogP contribution in [0.5, 0.6) is 17.2 Å². The molecular formula is C38H44N4O6. The van der Waals surface area contributed by atoms with Crippen LogP contribution in [0.15, 0.2) is 66.7 Å². The molecule has 2 saturated heterocycles. The zero-order chi connectivity index (χ0) is 33.8. The molecule has 0 aliphatic carbocycles. The van der Waals surface area contributed by atoms with Gasteiger partial charge in [0.2, 0.25) is 11.5 Å². The van der Waals surface area contributed by atoms with E-state index in [4.69, 9.17) is 14.2 Å². The number of hydrogen-bond acceptors (Lipinski definition) is 8. The van der Waals surface area contributed by atoms with Gasteiger partial charge in [0.1, 0.15) is 5.78 Å². The Morgan fingerprint density at radius 1 is 0.875 bits per heavy atom. The monoisotopic (exact) mass is 652 g/mol. The fraction of sp³-hybridized carbons (Fsp3) is 0.421. The molecule has 2 fully saturated rings. The molecular weight excluding hydrogens is 608 g/mol. The Balaban J connectivity index is 1.14. The van der Waals surface area contributed by atoms with E-state index in [0.29, 0.717) is 41.7 Å². The standard InChI is InChI=1S/C38H44N4O6/c1-26(43)24-42-31-13-9-8-12-30(31)39-36(42)34(44)27-14-18-40(19-15-27)20-16-38(29-10-6-5-7-11-29)17-21-41(25-38)37(45)28-22-32(46-2)35(48-4)33(23-28)47-3/h5-13,22-23,27H,14-21,24-25H2,1-4H3. The molecule has 48 heavy (non-hydrogen) atoms. The second kappa shape index (κ2) is 14.2. The summed E-state index contributed by atoms with van der Waals surface area (Å²) in [5.74, 6) is 1.55. The minimum Gasteiger partial charge on any atom is -0.493 e. The number of amides is 1. The lowest BCUT2D eigenvalue weighted by Crippen LogP contribution is -2.41. The topological polar surface area (TPSA) is 103 Å². The van der Waals surface area contributed by atoms with E-state index in [1.807, 2.05) is 35.2 Å². The molecule has 0 saturated carbocycles. The Morgan fingerprint density at radius 3 is 2.19 bits per heavy atom. The number of imidazole rings is 1. The maximum absolute atomic E-state index is 13.9. The lowest BCUT2D eigenvalue weighted by molar-refractivity contribution is -0.117. The molecule has 3 aromatic carbocycles. The molecule has 2 aliphatic heterocycles. The molecule has 0 bridgehead atoms. The second-order valence-corrected chi connectivity index (χ2v) is 13.0. The number of aromatic nitrogens is 2. The van der Waals surface area contributed by atoms with Crippen LogP contribution in [0, 0.1) is 5.92 Å². The number of carbonyl (C=O) groups is 3. The van der Waals surface area contributed by atoms with Gasteiger partial charge in [-0.25, -0.2) is 4.98 Å². The number of benzene rings is 3. The summed E-state index contributed by atoms with van der Waals surface area (Å²) in [4.78, 5) is 48.7. The van der Waals surface area contributed by atoms with E-state index < -0.39 is 0 Å². The van der Waals surface area contributed by atoms with Gasteiger partial charge in [-0.15, -0.1) is 0 Å². The number of carbonyl (C=O) groups excluding carboxylic acids is 3. The molecule has 1 atom stereocenters. The molecule has 10 nitrogen and oxygen atoms in total. The van der Waals surface area contributed by atoms with Gasteiger partial charge in [0, 0.05) is 30.0 Å². The van der Waals surface area contributed by atoms with Crippen molar-refractivity contribution in [2.24, 2.45) is 5.92 Å². The Labute approximate surface area is 281 Å². The zero-order valence-corrected chi connectivity index (χ0v) is 28.2. The fourth-order valence-electron chi connectivity index (χ4n) is 7.43. The van der Waals surface area contributed by atoms with E-state index in [1.165, 1.54) is 12.5 Å². The molecule has 4 aromatic rings. The average molecular weight is 653 g/mol. The van der Waals surface area contributed by atoms with Crippen molar-refractivity contribution < 1.29 is 28.6 Å². The average Bonchev–Trinajstić information content (AvgIpc) is 3.72. The predicted molar refractivity (Wildman–Crippen MR) is 183 cm³/mol. The van der Waals surface area contributed by atoms with Crippen molar-refractivity contribution in [3.05, 3.63) is 83.7 Å². The molecule has 0 N–H and O–H groups in total. The normalized spacial score (nSPS) is 18.6. The number of hydrogen-bond donors (Lipinski definition) is 0. The van der Waals surface area contributed by atoms with Gasteiger partial charge in [-0.05, 0) is 82.1 Å². The van der Waals surface area contributed by atoms with Crippen LogP contribution in [0.2, 0.25) is 0 Å². The van der Waals surface area contributed by atoms with Crippen molar-refractivity contribution in [2.75, 3.05) is 54.1 Å². The summed E-state index contributed by atoms with van der Waals surface area (Å²) in [6.45, 7) is 5.41. The van der Waals surface area contributed by atoms with Gasteiger partial charge in [0.05, 0.1) is 38.9 Å². The molecule has 2 aliphatic rings. The maximum Gasteiger partial charge on any atom is 0.254 e. The first-order chi connectivity index (χ1) is 23.3. The highest BCUT2D eigenvalue weighted by molar-refractivity contribution is 5.99. The highest BCUT2D eigenvalue weighted by atomic mass is 16.5. The number of para-hydroxylation sites is 2. The van der Waals surface area contributed by atoms with Gasteiger partial charge in [0.15, 0.2) is 17.3 Å². The summed E-state index contributed by atoms with van der Waals surface area (Å²) < 4.78 is 18.3. The number of piperidine rings is 1. The van der Waals surface area contributed by atoms with Crippen LogP contribution < -0.4 is 14.2 Å². The number of fused-ring (bicyclic) bond motifs is 1. The van der Waals surface area contributed by atoms with Crippen molar-refractivity contribution in [1.29, 1.82) is 0 Å². The van der Waals surface area contributed by atoms with E-state index in [-0.39, 0.29) is 35.4 Å². The number of Topliss-reactive ketones (excluding diaryl/α,β-unsaturated/α-hetero) is 2. The largest absolute Gasteiger partial charge is 0.493 e. The van der Waals surface area contributed by atoms with Crippen LogP contribution in [-0.4, -0.2) is 90.9 Å². The molecule has 1 unspecified atom stereocenters. The Kier molecular flexibility index (Phi) is 9.82. The Morgan fingerprint density at radius 2 is 1.54 bits per heavy atom. The van der Waals surface area contributed by atoms with Gasteiger partial charge < -0.3 is 28.6 Å². The van der Waals surface area contributed by atoms with E-state index in [9.17, 15) is 14.4 Å². The van der Waals surface area contributed by atoms with Gasteiger partial charge in [0.25, 0.3) is 5.91 Å². The number of ketones is 2. The Bertz CT molecular complexity index is 1770. The third-order valence-electron chi connectivity index (χ3n) is 10.1. The molecule has 252 valence electrons. The second-order valence-electron chi connectivity index (χ2n) is 13.0. The van der Waals surface area contributed by atoms with Crippen LogP contribution >= 0.6 is 0 Å². The highest BCUT2D eigenvalue weighted by Crippen LogP contribution is 2.41. The van der Waals surface area contributed by atoms with Crippen molar-refractivity contribution in [3.8, 4) is 17.2 Å². The summed E-state index contributed by atoms with van der Waals surface area (Å²) in [6, 6.07) is 21.5. The van der Waals surface area contributed by atoms with E-state index in [2.05, 4.69) is 34.1 Å². The van der Waals surface area contributed by atoms with Crippen LogP contribution in [0.3, 0.4) is 0 Å². The first-order valence-electron chi connectivity index (χ1n) is 16.6. The van der Waals surface area contributed by atoms with Gasteiger partial charge in [-0.2, -0.15) is 0 Å². The lowest BCUT2D eigenvalue weighted by atomic mass is 9.76. The third-order valence-corrected chi connectivity index (χ3v) is 10.1. The van der Waals surface area contributed by atoms with Crippen LogP contribution in [0.4, 0.5) is 0 Å².